The zero-order valence-electron chi connectivity index (χ0n) is 9.21. The van der Waals surface area contributed by atoms with Gasteiger partial charge in [-0.05, 0) is 32.6 Å². The molecule has 1 aliphatic rings. The van der Waals surface area contributed by atoms with Gasteiger partial charge in [-0.25, -0.2) is 0 Å². The molecule has 82 valence electrons. The molecule has 0 spiro atoms. The highest BCUT2D eigenvalue weighted by Crippen LogP contribution is 2.24. The summed E-state index contributed by atoms with van der Waals surface area (Å²) >= 11 is 0. The molecule has 0 amide bonds. The summed E-state index contributed by atoms with van der Waals surface area (Å²) in [7, 11) is 4.74. The van der Waals surface area contributed by atoms with E-state index in [9.17, 15) is 0 Å². The van der Waals surface area contributed by atoms with Crippen LogP contribution in [0.5, 0.6) is 0 Å². The first-order chi connectivity index (χ1) is 5.17. The van der Waals surface area contributed by atoms with Gasteiger partial charge in [-0.1, -0.05) is 6.42 Å². The van der Waals surface area contributed by atoms with E-state index < -0.39 is 0 Å². The van der Waals surface area contributed by atoms with Crippen molar-refractivity contribution in [1.29, 1.82) is 0 Å². The van der Waals surface area contributed by atoms with Gasteiger partial charge in [0.2, 0.25) is 0 Å². The second-order valence-electron chi connectivity index (χ2n) is 4.39. The van der Waals surface area contributed by atoms with Crippen LogP contribution in [-0.4, -0.2) is 42.1 Å². The molecule has 0 saturated heterocycles. The number of nitrogens with zero attached hydrogens (tertiary/aromatic N) is 1. The van der Waals surface area contributed by atoms with Crippen LogP contribution in [0.25, 0.3) is 0 Å². The van der Waals surface area contributed by atoms with Crippen LogP contribution in [0, 0.1) is 0 Å². The van der Waals surface area contributed by atoms with Gasteiger partial charge < -0.3 is 15.4 Å². The maximum Gasteiger partial charge on any atom is 0.0886 e. The molecule has 0 aromatic heterocycles. The molecule has 1 saturated carbocycles. The summed E-state index contributed by atoms with van der Waals surface area (Å²) in [5.74, 6) is 0. The third-order valence-electron chi connectivity index (χ3n) is 3.38. The molecule has 0 aromatic rings. The molecule has 3 heteroatoms. The smallest absolute Gasteiger partial charge is 0.0886 e. The lowest BCUT2D eigenvalue weighted by Crippen LogP contribution is -2.49. The highest BCUT2D eigenvalue weighted by Gasteiger charge is 2.27. The molecular weight excluding hydrogens is 166 g/mol. The van der Waals surface area contributed by atoms with Crippen molar-refractivity contribution in [3.8, 4) is 0 Å². The van der Waals surface area contributed by atoms with Gasteiger partial charge in [-0.2, -0.15) is 0 Å². The molecule has 0 bridgehead atoms. The van der Waals surface area contributed by atoms with Gasteiger partial charge in [0, 0.05) is 0 Å². The zero-order valence-corrected chi connectivity index (χ0v) is 9.21. The molecule has 3 nitrogen and oxygen atoms in total. The summed E-state index contributed by atoms with van der Waals surface area (Å²) in [4.78, 5) is 0. The standard InChI is InChI=1S/C10H22N.2H2O/c1-4-11(2,3)10-8-6-5-7-9-10;;/h10H,4-9H2,1-3H3;2*1H2/q+1;;/p-1. The molecule has 0 radical (unpaired) electrons. The number of quaternary nitrogens is 1. The molecule has 1 aliphatic carbocycles. The lowest BCUT2D eigenvalue weighted by atomic mass is 9.93. The number of hydrogen-bond acceptors (Lipinski definition) is 1. The van der Waals surface area contributed by atoms with Crippen LogP contribution in [0.3, 0.4) is 0 Å². The van der Waals surface area contributed by atoms with Crippen LogP contribution in [0.4, 0.5) is 0 Å². The quantitative estimate of drug-likeness (QED) is 0.609. The van der Waals surface area contributed by atoms with Gasteiger partial charge >= 0.3 is 0 Å². The molecular formula is C10H25NO2. The molecule has 0 unspecified atom stereocenters. The van der Waals surface area contributed by atoms with E-state index in [2.05, 4.69) is 21.0 Å². The number of hydrogen-bond donors (Lipinski definition) is 0. The topological polar surface area (TPSA) is 61.5 Å². The third-order valence-corrected chi connectivity index (χ3v) is 3.38. The summed E-state index contributed by atoms with van der Waals surface area (Å²) < 4.78 is 1.24. The van der Waals surface area contributed by atoms with Crippen molar-refractivity contribution < 1.29 is 15.4 Å². The van der Waals surface area contributed by atoms with E-state index in [0.29, 0.717) is 0 Å². The first-order valence-electron chi connectivity index (χ1n) is 4.99. The maximum absolute atomic E-state index is 2.37. The van der Waals surface area contributed by atoms with Gasteiger partial charge in [-0.15, -0.1) is 0 Å². The Morgan fingerprint density at radius 2 is 1.54 bits per heavy atom. The normalized spacial score (nSPS) is 18.7. The van der Waals surface area contributed by atoms with E-state index in [1.807, 2.05) is 0 Å². The molecule has 0 atom stereocenters. The average Bonchev–Trinajstić information content (AvgIpc) is 2.06. The molecule has 1 fully saturated rings. The Morgan fingerprint density at radius 3 is 1.92 bits per heavy atom. The van der Waals surface area contributed by atoms with Crippen molar-refractivity contribution in [3.63, 3.8) is 0 Å². The SMILES string of the molecule is CC[N+](C)(C)C1CCCCC1.O.[OH-]. The second-order valence-corrected chi connectivity index (χ2v) is 4.39. The van der Waals surface area contributed by atoms with E-state index in [0.717, 1.165) is 6.04 Å². The largest absolute Gasteiger partial charge is 0.870 e. The zero-order chi connectivity index (χ0) is 8.32. The Morgan fingerprint density at radius 1 is 1.08 bits per heavy atom. The highest BCUT2D eigenvalue weighted by molar-refractivity contribution is 4.65. The van der Waals surface area contributed by atoms with Crippen molar-refractivity contribution in [2.45, 2.75) is 45.1 Å². The minimum atomic E-state index is 0. The summed E-state index contributed by atoms with van der Waals surface area (Å²) in [5.41, 5.74) is 0. The fourth-order valence-corrected chi connectivity index (χ4v) is 2.04. The van der Waals surface area contributed by atoms with Crippen molar-refractivity contribution in [1.82, 2.24) is 0 Å². The minimum Gasteiger partial charge on any atom is -0.870 e. The highest BCUT2D eigenvalue weighted by atomic mass is 16.0. The third kappa shape index (κ3) is 4.07. The van der Waals surface area contributed by atoms with Crippen LogP contribution >= 0.6 is 0 Å². The van der Waals surface area contributed by atoms with E-state index in [1.165, 1.54) is 43.1 Å². The molecule has 3 N–H and O–H groups in total. The van der Waals surface area contributed by atoms with Crippen LogP contribution < -0.4 is 0 Å². The predicted molar refractivity (Wildman–Crippen MR) is 55.1 cm³/mol. The van der Waals surface area contributed by atoms with Crippen molar-refractivity contribution in [2.24, 2.45) is 0 Å². The molecule has 1 rings (SSSR count). The molecule has 0 aliphatic heterocycles. The van der Waals surface area contributed by atoms with Crippen LogP contribution in [0.2, 0.25) is 0 Å². The number of rotatable bonds is 2. The molecule has 13 heavy (non-hydrogen) atoms. The minimum absolute atomic E-state index is 0. The van der Waals surface area contributed by atoms with E-state index in [1.54, 1.807) is 0 Å². The average molecular weight is 191 g/mol. The Kier molecular flexibility index (Phi) is 7.50. The van der Waals surface area contributed by atoms with Crippen LogP contribution in [0.1, 0.15) is 39.0 Å². The Labute approximate surface area is 81.9 Å². The van der Waals surface area contributed by atoms with Gasteiger partial charge in [-0.3, -0.25) is 0 Å². The van der Waals surface area contributed by atoms with Gasteiger partial charge in [0.25, 0.3) is 0 Å². The van der Waals surface area contributed by atoms with Crippen molar-refractivity contribution in [2.75, 3.05) is 20.6 Å². The fourth-order valence-electron chi connectivity index (χ4n) is 2.04. The Hall–Kier alpha value is -0.120. The maximum atomic E-state index is 2.37. The predicted octanol–water partition coefficient (Wildman–Crippen LogP) is 1.41. The summed E-state index contributed by atoms with van der Waals surface area (Å²) in [6, 6.07) is 0.953. The summed E-state index contributed by atoms with van der Waals surface area (Å²) in [6.45, 7) is 3.58. The lowest BCUT2D eigenvalue weighted by molar-refractivity contribution is -0.914. The van der Waals surface area contributed by atoms with Crippen LogP contribution in [-0.2, 0) is 0 Å². The van der Waals surface area contributed by atoms with Gasteiger partial charge in [0.15, 0.2) is 0 Å². The first kappa shape index (κ1) is 15.4. The van der Waals surface area contributed by atoms with Gasteiger partial charge in [0.05, 0.1) is 26.7 Å². The fraction of sp³-hybridized carbons (Fsp3) is 1.00. The Bertz CT molecular complexity index is 120. The van der Waals surface area contributed by atoms with Gasteiger partial charge in [0.1, 0.15) is 0 Å². The first-order valence-corrected chi connectivity index (χ1v) is 4.99. The molecule has 0 aromatic carbocycles. The van der Waals surface area contributed by atoms with E-state index in [4.69, 9.17) is 0 Å². The van der Waals surface area contributed by atoms with Crippen molar-refractivity contribution in [3.05, 3.63) is 0 Å². The summed E-state index contributed by atoms with van der Waals surface area (Å²) in [5, 5.41) is 0. The van der Waals surface area contributed by atoms with Crippen molar-refractivity contribution >= 4 is 0 Å². The monoisotopic (exact) mass is 191 g/mol. The lowest BCUT2D eigenvalue weighted by Gasteiger charge is -2.39. The van der Waals surface area contributed by atoms with E-state index >= 15 is 0 Å². The van der Waals surface area contributed by atoms with Crippen LogP contribution in [0.15, 0.2) is 0 Å². The van der Waals surface area contributed by atoms with E-state index in [-0.39, 0.29) is 11.0 Å². The second kappa shape index (κ2) is 6.35. The molecule has 0 heterocycles. The summed E-state index contributed by atoms with van der Waals surface area (Å²) in [6.07, 6.45) is 7.32. The Balaban J connectivity index is 0.